The summed E-state index contributed by atoms with van der Waals surface area (Å²) >= 11 is 0. The molecule has 0 spiro atoms. The van der Waals surface area contributed by atoms with E-state index in [0.29, 0.717) is 6.04 Å². The Morgan fingerprint density at radius 1 is 1.42 bits per heavy atom. The van der Waals surface area contributed by atoms with Crippen LogP contribution >= 0.6 is 12.4 Å². The zero-order chi connectivity index (χ0) is 12.8. The first-order valence-electron chi connectivity index (χ1n) is 6.87. The summed E-state index contributed by atoms with van der Waals surface area (Å²) in [5.74, 6) is 0.175. The van der Waals surface area contributed by atoms with Crippen LogP contribution in [0.2, 0.25) is 0 Å². The van der Waals surface area contributed by atoms with Crippen molar-refractivity contribution < 1.29 is 4.79 Å². The van der Waals surface area contributed by atoms with E-state index in [0.717, 1.165) is 37.9 Å². The molecule has 0 aliphatic carbocycles. The molecule has 2 atom stereocenters. The second kappa shape index (κ2) is 8.18. The summed E-state index contributed by atoms with van der Waals surface area (Å²) in [4.78, 5) is 12.4. The third-order valence-electron chi connectivity index (χ3n) is 3.50. The van der Waals surface area contributed by atoms with Gasteiger partial charge in [0.2, 0.25) is 5.91 Å². The van der Waals surface area contributed by atoms with E-state index in [9.17, 15) is 4.79 Å². The molecule has 0 bridgehead atoms. The van der Waals surface area contributed by atoms with Crippen LogP contribution in [0.1, 0.15) is 37.7 Å². The number of halogens is 1. The van der Waals surface area contributed by atoms with Crippen molar-refractivity contribution in [3.8, 4) is 0 Å². The first-order chi connectivity index (χ1) is 8.81. The number of hydrogen-bond acceptors (Lipinski definition) is 2. The van der Waals surface area contributed by atoms with Crippen LogP contribution < -0.4 is 10.6 Å². The van der Waals surface area contributed by atoms with Crippen molar-refractivity contribution in [3.05, 3.63) is 35.9 Å². The lowest BCUT2D eigenvalue weighted by Gasteiger charge is -2.19. The van der Waals surface area contributed by atoms with Crippen molar-refractivity contribution >= 4 is 18.3 Å². The number of benzene rings is 1. The lowest BCUT2D eigenvalue weighted by molar-refractivity contribution is -0.123. The highest BCUT2D eigenvalue weighted by atomic mass is 35.5. The maximum Gasteiger partial charge on any atom is 0.227 e. The molecule has 0 radical (unpaired) electrons. The Hall–Kier alpha value is -1.06. The molecule has 3 nitrogen and oxygen atoms in total. The Bertz CT molecular complexity index is 377. The molecule has 2 rings (SSSR count). The molecule has 1 saturated heterocycles. The van der Waals surface area contributed by atoms with Gasteiger partial charge in [-0.3, -0.25) is 4.79 Å². The molecular formula is C15H23ClN2O. The van der Waals surface area contributed by atoms with Gasteiger partial charge in [-0.2, -0.15) is 0 Å². The van der Waals surface area contributed by atoms with Crippen LogP contribution in [0.5, 0.6) is 0 Å². The van der Waals surface area contributed by atoms with Crippen LogP contribution in [0.25, 0.3) is 0 Å². The third kappa shape index (κ3) is 4.51. The maximum atomic E-state index is 12.4. The van der Waals surface area contributed by atoms with Crippen LogP contribution in [0.15, 0.2) is 30.3 Å². The number of nitrogens with one attached hydrogen (secondary N) is 2. The molecule has 19 heavy (non-hydrogen) atoms. The summed E-state index contributed by atoms with van der Waals surface area (Å²) in [5.41, 5.74) is 1.13. The van der Waals surface area contributed by atoms with Crippen LogP contribution in [-0.2, 0) is 4.79 Å². The number of rotatable bonds is 5. The van der Waals surface area contributed by atoms with E-state index in [2.05, 4.69) is 17.6 Å². The molecule has 1 aliphatic rings. The molecule has 1 heterocycles. The number of amides is 1. The second-order valence-electron chi connectivity index (χ2n) is 4.95. The minimum atomic E-state index is -0.00296. The van der Waals surface area contributed by atoms with Gasteiger partial charge in [-0.1, -0.05) is 43.7 Å². The lowest BCUT2D eigenvalue weighted by Crippen LogP contribution is -2.39. The Morgan fingerprint density at radius 2 is 2.16 bits per heavy atom. The Morgan fingerprint density at radius 3 is 2.74 bits per heavy atom. The van der Waals surface area contributed by atoms with E-state index >= 15 is 0 Å². The van der Waals surface area contributed by atoms with Gasteiger partial charge in [-0.05, 0) is 24.9 Å². The molecule has 2 unspecified atom stereocenters. The minimum Gasteiger partial charge on any atom is -0.352 e. The predicted octanol–water partition coefficient (Wildman–Crippen LogP) is 2.47. The highest BCUT2D eigenvalue weighted by molar-refractivity contribution is 5.85. The van der Waals surface area contributed by atoms with Crippen LogP contribution in [0.3, 0.4) is 0 Å². The number of carbonyl (C=O) groups is 1. The lowest BCUT2D eigenvalue weighted by atomic mass is 9.93. The molecule has 0 aromatic heterocycles. The summed E-state index contributed by atoms with van der Waals surface area (Å²) in [6.45, 7) is 4.04. The summed E-state index contributed by atoms with van der Waals surface area (Å²) in [6, 6.07) is 10.4. The van der Waals surface area contributed by atoms with Gasteiger partial charge in [-0.25, -0.2) is 0 Å². The average Bonchev–Trinajstić information content (AvgIpc) is 2.89. The van der Waals surface area contributed by atoms with Gasteiger partial charge >= 0.3 is 0 Å². The fraction of sp³-hybridized carbons (Fsp3) is 0.533. The quantitative estimate of drug-likeness (QED) is 0.871. The van der Waals surface area contributed by atoms with Crippen molar-refractivity contribution in [1.29, 1.82) is 0 Å². The topological polar surface area (TPSA) is 41.1 Å². The van der Waals surface area contributed by atoms with Gasteiger partial charge in [-0.15, -0.1) is 12.4 Å². The molecule has 1 aromatic carbocycles. The predicted molar refractivity (Wildman–Crippen MR) is 80.8 cm³/mol. The molecule has 0 saturated carbocycles. The van der Waals surface area contributed by atoms with Gasteiger partial charge in [0, 0.05) is 12.6 Å². The second-order valence-corrected chi connectivity index (χ2v) is 4.95. The molecule has 106 valence electrons. The average molecular weight is 283 g/mol. The SMILES string of the molecule is CCCC(C(=O)NC1CCNC1)c1ccccc1.Cl. The monoisotopic (exact) mass is 282 g/mol. The van der Waals surface area contributed by atoms with Gasteiger partial charge in [0.25, 0.3) is 0 Å². The van der Waals surface area contributed by atoms with E-state index < -0.39 is 0 Å². The van der Waals surface area contributed by atoms with E-state index in [1.54, 1.807) is 0 Å². The summed E-state index contributed by atoms with van der Waals surface area (Å²) in [7, 11) is 0. The zero-order valence-electron chi connectivity index (χ0n) is 11.4. The molecule has 4 heteroatoms. The highest BCUT2D eigenvalue weighted by Gasteiger charge is 2.23. The fourth-order valence-electron chi connectivity index (χ4n) is 2.50. The minimum absolute atomic E-state index is 0. The van der Waals surface area contributed by atoms with Crippen LogP contribution in [0, 0.1) is 0 Å². The molecule has 1 fully saturated rings. The zero-order valence-corrected chi connectivity index (χ0v) is 12.2. The van der Waals surface area contributed by atoms with Gasteiger partial charge in [0.05, 0.1) is 5.92 Å². The maximum absolute atomic E-state index is 12.4. The van der Waals surface area contributed by atoms with E-state index in [4.69, 9.17) is 0 Å². The van der Waals surface area contributed by atoms with Crippen LogP contribution in [-0.4, -0.2) is 25.0 Å². The largest absolute Gasteiger partial charge is 0.352 e. The first-order valence-corrected chi connectivity index (χ1v) is 6.87. The van der Waals surface area contributed by atoms with Crippen molar-refractivity contribution in [1.82, 2.24) is 10.6 Å². The van der Waals surface area contributed by atoms with Crippen molar-refractivity contribution in [2.24, 2.45) is 0 Å². The van der Waals surface area contributed by atoms with E-state index in [-0.39, 0.29) is 24.2 Å². The van der Waals surface area contributed by atoms with Crippen molar-refractivity contribution in [2.75, 3.05) is 13.1 Å². The summed E-state index contributed by atoms with van der Waals surface area (Å²) in [5, 5.41) is 6.43. The highest BCUT2D eigenvalue weighted by Crippen LogP contribution is 2.21. The first kappa shape index (κ1) is 16.0. The Labute approximate surface area is 121 Å². The number of hydrogen-bond donors (Lipinski definition) is 2. The molecule has 2 N–H and O–H groups in total. The Balaban J connectivity index is 0.00000180. The van der Waals surface area contributed by atoms with Gasteiger partial charge < -0.3 is 10.6 Å². The fourth-order valence-corrected chi connectivity index (χ4v) is 2.50. The molecule has 1 aromatic rings. The van der Waals surface area contributed by atoms with E-state index in [1.807, 2.05) is 30.3 Å². The molecular weight excluding hydrogens is 260 g/mol. The smallest absolute Gasteiger partial charge is 0.227 e. The Kier molecular flexibility index (Phi) is 6.89. The molecule has 1 aliphatic heterocycles. The third-order valence-corrected chi connectivity index (χ3v) is 3.50. The van der Waals surface area contributed by atoms with E-state index in [1.165, 1.54) is 0 Å². The van der Waals surface area contributed by atoms with Crippen molar-refractivity contribution in [3.63, 3.8) is 0 Å². The normalized spacial score (nSPS) is 19.5. The summed E-state index contributed by atoms with van der Waals surface area (Å²) in [6.07, 6.45) is 2.98. The molecule has 1 amide bonds. The van der Waals surface area contributed by atoms with Gasteiger partial charge in [0.1, 0.15) is 0 Å². The van der Waals surface area contributed by atoms with Crippen LogP contribution in [0.4, 0.5) is 0 Å². The van der Waals surface area contributed by atoms with Gasteiger partial charge in [0.15, 0.2) is 0 Å². The standard InChI is InChI=1S/C15H22N2O.ClH/c1-2-6-14(12-7-4-3-5-8-12)15(18)17-13-9-10-16-11-13;/h3-5,7-8,13-14,16H,2,6,9-11H2,1H3,(H,17,18);1H. The number of carbonyl (C=O) groups excluding carboxylic acids is 1. The summed E-state index contributed by atoms with van der Waals surface area (Å²) < 4.78 is 0. The van der Waals surface area contributed by atoms with Crippen molar-refractivity contribution in [2.45, 2.75) is 38.1 Å².